The van der Waals surface area contributed by atoms with Gasteiger partial charge in [-0.2, -0.15) is 4.98 Å². The van der Waals surface area contributed by atoms with Crippen molar-refractivity contribution in [3.8, 4) is 0 Å². The fourth-order valence-electron chi connectivity index (χ4n) is 3.00. The number of sulfone groups is 1. The zero-order valence-electron chi connectivity index (χ0n) is 16.2. The Labute approximate surface area is 170 Å². The Balaban J connectivity index is 1.37. The van der Waals surface area contributed by atoms with Gasteiger partial charge in [0.25, 0.3) is 0 Å². The standard InChI is InChI=1S/C19H26N4O5S/c24-18(20-9-4-10-23-11-13-27-14-12-23)7-8-19-21-17(22-28-19)15-29(25,26)16-5-2-1-3-6-16/h1-3,5-6H,4,7-15H2,(H,20,24). The Bertz CT molecular complexity index is 879. The predicted molar refractivity (Wildman–Crippen MR) is 105 cm³/mol. The first kappa shape index (κ1) is 21.4. The van der Waals surface area contributed by atoms with Gasteiger partial charge in [-0.05, 0) is 25.1 Å². The largest absolute Gasteiger partial charge is 0.379 e. The van der Waals surface area contributed by atoms with E-state index in [1.54, 1.807) is 18.2 Å². The molecule has 29 heavy (non-hydrogen) atoms. The average Bonchev–Trinajstić information content (AvgIpc) is 3.18. The Morgan fingerprint density at radius 3 is 2.69 bits per heavy atom. The summed E-state index contributed by atoms with van der Waals surface area (Å²) in [6.07, 6.45) is 1.37. The number of carbonyl (C=O) groups is 1. The van der Waals surface area contributed by atoms with Crippen molar-refractivity contribution in [1.82, 2.24) is 20.4 Å². The van der Waals surface area contributed by atoms with Gasteiger partial charge in [0, 0.05) is 32.5 Å². The Kier molecular flexibility index (Phi) is 7.73. The van der Waals surface area contributed by atoms with Gasteiger partial charge in [-0.15, -0.1) is 0 Å². The van der Waals surface area contributed by atoms with Crippen LogP contribution in [0.2, 0.25) is 0 Å². The third-order valence-corrected chi connectivity index (χ3v) is 6.20. The minimum atomic E-state index is -3.53. The van der Waals surface area contributed by atoms with E-state index in [9.17, 15) is 13.2 Å². The molecule has 1 saturated heterocycles. The molecular weight excluding hydrogens is 396 g/mol. The molecule has 0 spiro atoms. The molecule has 0 saturated carbocycles. The van der Waals surface area contributed by atoms with Gasteiger partial charge in [0.15, 0.2) is 15.7 Å². The molecule has 10 heteroatoms. The molecule has 0 atom stereocenters. The second kappa shape index (κ2) is 10.5. The smallest absolute Gasteiger partial charge is 0.227 e. The summed E-state index contributed by atoms with van der Waals surface area (Å²) in [7, 11) is -3.53. The zero-order valence-corrected chi connectivity index (χ0v) is 17.1. The van der Waals surface area contributed by atoms with Crippen LogP contribution in [0.5, 0.6) is 0 Å². The molecule has 1 aromatic carbocycles. The number of carbonyl (C=O) groups excluding carboxylic acids is 1. The van der Waals surface area contributed by atoms with E-state index >= 15 is 0 Å². The summed E-state index contributed by atoms with van der Waals surface area (Å²) >= 11 is 0. The van der Waals surface area contributed by atoms with E-state index in [0.29, 0.717) is 6.54 Å². The van der Waals surface area contributed by atoms with Crippen molar-refractivity contribution in [1.29, 1.82) is 0 Å². The third-order valence-electron chi connectivity index (χ3n) is 4.57. The lowest BCUT2D eigenvalue weighted by molar-refractivity contribution is -0.121. The van der Waals surface area contributed by atoms with Crippen LogP contribution in [0.4, 0.5) is 0 Å². The minimum absolute atomic E-state index is 0.0924. The van der Waals surface area contributed by atoms with Crippen molar-refractivity contribution in [3.63, 3.8) is 0 Å². The maximum atomic E-state index is 12.3. The summed E-state index contributed by atoms with van der Waals surface area (Å²) in [5, 5.41) is 6.60. The number of amides is 1. The fraction of sp³-hybridized carbons (Fsp3) is 0.526. The van der Waals surface area contributed by atoms with Crippen molar-refractivity contribution in [2.45, 2.75) is 29.9 Å². The average molecular weight is 423 g/mol. The highest BCUT2D eigenvalue weighted by Crippen LogP contribution is 2.14. The summed E-state index contributed by atoms with van der Waals surface area (Å²) in [5.74, 6) is -0.0843. The number of nitrogens with zero attached hydrogens (tertiary/aromatic N) is 3. The number of aryl methyl sites for hydroxylation is 1. The van der Waals surface area contributed by atoms with Crippen LogP contribution in [-0.4, -0.2) is 68.8 Å². The molecule has 0 radical (unpaired) electrons. The first-order chi connectivity index (χ1) is 14.0. The number of benzene rings is 1. The highest BCUT2D eigenvalue weighted by atomic mass is 32.2. The number of morpholine rings is 1. The summed E-state index contributed by atoms with van der Waals surface area (Å²) in [4.78, 5) is 18.6. The van der Waals surface area contributed by atoms with Gasteiger partial charge in [0.1, 0.15) is 5.75 Å². The van der Waals surface area contributed by atoms with E-state index in [2.05, 4.69) is 20.4 Å². The molecule has 1 aliphatic rings. The SMILES string of the molecule is O=C(CCc1nc(CS(=O)(=O)c2ccccc2)no1)NCCCN1CCOCC1. The molecule has 1 aromatic heterocycles. The van der Waals surface area contributed by atoms with Crippen LogP contribution in [0.15, 0.2) is 39.8 Å². The number of aromatic nitrogens is 2. The molecule has 0 bridgehead atoms. The highest BCUT2D eigenvalue weighted by molar-refractivity contribution is 7.90. The van der Waals surface area contributed by atoms with E-state index in [0.717, 1.165) is 39.3 Å². The van der Waals surface area contributed by atoms with Gasteiger partial charge < -0.3 is 14.6 Å². The van der Waals surface area contributed by atoms with Gasteiger partial charge >= 0.3 is 0 Å². The molecule has 0 unspecified atom stereocenters. The number of rotatable bonds is 10. The molecule has 1 N–H and O–H groups in total. The van der Waals surface area contributed by atoms with Crippen molar-refractivity contribution < 1.29 is 22.5 Å². The summed E-state index contributed by atoms with van der Waals surface area (Å²) < 4.78 is 35.1. The Hall–Kier alpha value is -2.30. The summed E-state index contributed by atoms with van der Waals surface area (Å²) in [6.45, 7) is 4.96. The Morgan fingerprint density at radius 1 is 1.17 bits per heavy atom. The van der Waals surface area contributed by atoms with Crippen molar-refractivity contribution in [2.75, 3.05) is 39.4 Å². The van der Waals surface area contributed by atoms with E-state index in [4.69, 9.17) is 9.26 Å². The van der Waals surface area contributed by atoms with Crippen LogP contribution < -0.4 is 5.32 Å². The van der Waals surface area contributed by atoms with Crippen LogP contribution in [0.25, 0.3) is 0 Å². The topological polar surface area (TPSA) is 115 Å². The maximum Gasteiger partial charge on any atom is 0.227 e. The second-order valence-corrected chi connectivity index (χ2v) is 8.82. The number of ether oxygens (including phenoxy) is 1. The Morgan fingerprint density at radius 2 is 1.93 bits per heavy atom. The summed E-state index contributed by atoms with van der Waals surface area (Å²) in [5.41, 5.74) is 0. The molecule has 9 nitrogen and oxygen atoms in total. The van der Waals surface area contributed by atoms with Gasteiger partial charge in [0.05, 0.1) is 18.1 Å². The lowest BCUT2D eigenvalue weighted by Crippen LogP contribution is -2.38. The highest BCUT2D eigenvalue weighted by Gasteiger charge is 2.19. The molecular formula is C19H26N4O5S. The first-order valence-corrected chi connectivity index (χ1v) is 11.3. The molecule has 2 aromatic rings. The quantitative estimate of drug-likeness (QED) is 0.560. The van der Waals surface area contributed by atoms with Crippen molar-refractivity contribution in [2.24, 2.45) is 0 Å². The molecule has 3 rings (SSSR count). The fourth-order valence-corrected chi connectivity index (χ4v) is 4.19. The number of nitrogens with one attached hydrogen (secondary N) is 1. The third kappa shape index (κ3) is 6.91. The van der Waals surface area contributed by atoms with E-state index in [1.807, 2.05) is 0 Å². The van der Waals surface area contributed by atoms with Crippen LogP contribution in [0.3, 0.4) is 0 Å². The molecule has 2 heterocycles. The molecule has 1 fully saturated rings. The van der Waals surface area contributed by atoms with E-state index in [1.165, 1.54) is 12.1 Å². The van der Waals surface area contributed by atoms with Crippen LogP contribution >= 0.6 is 0 Å². The molecule has 0 aliphatic carbocycles. The van der Waals surface area contributed by atoms with E-state index in [-0.39, 0.29) is 41.1 Å². The normalized spacial score (nSPS) is 15.3. The number of hydrogen-bond donors (Lipinski definition) is 1. The van der Waals surface area contributed by atoms with Gasteiger partial charge in [-0.25, -0.2) is 8.42 Å². The van der Waals surface area contributed by atoms with Gasteiger partial charge in [-0.1, -0.05) is 23.4 Å². The minimum Gasteiger partial charge on any atom is -0.379 e. The van der Waals surface area contributed by atoms with Crippen LogP contribution in [0.1, 0.15) is 24.6 Å². The van der Waals surface area contributed by atoms with Crippen LogP contribution in [0, 0.1) is 0 Å². The zero-order chi connectivity index (χ0) is 20.5. The molecule has 1 aliphatic heterocycles. The summed E-state index contributed by atoms with van der Waals surface area (Å²) in [6, 6.07) is 8.13. The van der Waals surface area contributed by atoms with E-state index < -0.39 is 9.84 Å². The lowest BCUT2D eigenvalue weighted by Gasteiger charge is -2.26. The first-order valence-electron chi connectivity index (χ1n) is 9.69. The molecule has 1 amide bonds. The van der Waals surface area contributed by atoms with Crippen molar-refractivity contribution in [3.05, 3.63) is 42.0 Å². The van der Waals surface area contributed by atoms with Crippen LogP contribution in [-0.2, 0) is 31.5 Å². The molecule has 158 valence electrons. The lowest BCUT2D eigenvalue weighted by atomic mass is 10.3. The predicted octanol–water partition coefficient (Wildman–Crippen LogP) is 0.815. The second-order valence-electron chi connectivity index (χ2n) is 6.83. The monoisotopic (exact) mass is 422 g/mol. The maximum absolute atomic E-state index is 12.3. The van der Waals surface area contributed by atoms with Gasteiger partial charge in [0.2, 0.25) is 11.8 Å². The van der Waals surface area contributed by atoms with Crippen molar-refractivity contribution >= 4 is 15.7 Å². The van der Waals surface area contributed by atoms with Gasteiger partial charge in [-0.3, -0.25) is 9.69 Å². The number of hydrogen-bond acceptors (Lipinski definition) is 8.